The molecule has 0 atom stereocenters. The summed E-state index contributed by atoms with van der Waals surface area (Å²) >= 11 is 5.91. The van der Waals surface area contributed by atoms with Crippen LogP contribution in [0.5, 0.6) is 0 Å². The Hall–Kier alpha value is -3.72. The molecular weight excluding hydrogens is 581 g/mol. The average molecular weight is 595 g/mol. The Bertz CT molecular complexity index is 1450. The smallest absolute Gasteiger partial charge is 0.325 e. The number of rotatable bonds is 6. The lowest BCUT2D eigenvalue weighted by molar-refractivity contribution is -0.141. The first-order valence-corrected chi connectivity index (χ1v) is 11.9. The molecule has 1 heterocycles. The van der Waals surface area contributed by atoms with Gasteiger partial charge in [0.05, 0.1) is 16.3 Å². The number of alkyl halides is 6. The molecule has 1 aliphatic carbocycles. The molecule has 0 aliphatic heterocycles. The second kappa shape index (κ2) is 10.1. The van der Waals surface area contributed by atoms with E-state index in [4.69, 9.17) is 11.6 Å². The van der Waals surface area contributed by atoms with Crippen LogP contribution in [0.4, 0.5) is 47.2 Å². The molecule has 206 valence electrons. The molecule has 0 radical (unpaired) electrons. The summed E-state index contributed by atoms with van der Waals surface area (Å²) in [6, 6.07) is 6.53. The molecule has 7 nitrogen and oxygen atoms in total. The average Bonchev–Trinajstić information content (AvgIpc) is 3.54. The largest absolute Gasteiger partial charge is 0.435 e. The zero-order valence-corrected chi connectivity index (χ0v) is 20.6. The van der Waals surface area contributed by atoms with Gasteiger partial charge in [0.1, 0.15) is 16.1 Å². The van der Waals surface area contributed by atoms with Crippen molar-refractivity contribution in [2.24, 2.45) is 5.41 Å². The highest BCUT2D eigenvalue weighted by Crippen LogP contribution is 2.48. The Morgan fingerprint density at radius 1 is 0.872 bits per heavy atom. The molecule has 1 fully saturated rings. The molecule has 1 aliphatic rings. The van der Waals surface area contributed by atoms with Crippen LogP contribution in [-0.2, 0) is 21.9 Å². The summed E-state index contributed by atoms with van der Waals surface area (Å²) in [6.07, 6.45) is -9.87. The monoisotopic (exact) mass is 594 g/mol. The van der Waals surface area contributed by atoms with Crippen LogP contribution in [0.25, 0.3) is 0 Å². The molecule has 16 heteroatoms. The first-order chi connectivity index (χ1) is 18.1. The van der Waals surface area contributed by atoms with E-state index in [-0.39, 0.29) is 34.9 Å². The van der Waals surface area contributed by atoms with Crippen LogP contribution < -0.4 is 16.0 Å². The summed E-state index contributed by atoms with van der Waals surface area (Å²) in [5, 5.41) is 5.39. The van der Waals surface area contributed by atoms with E-state index >= 15 is 0 Å². The van der Waals surface area contributed by atoms with Crippen molar-refractivity contribution in [2.45, 2.75) is 25.2 Å². The van der Waals surface area contributed by atoms with Gasteiger partial charge in [-0.05, 0) is 55.3 Å². The normalized spacial score (nSPS) is 14.5. The molecule has 0 unspecified atom stereocenters. The molecule has 0 spiro atoms. The third kappa shape index (κ3) is 6.14. The fraction of sp³-hybridized carbons (Fsp3) is 0.217. The van der Waals surface area contributed by atoms with Crippen molar-refractivity contribution >= 4 is 57.2 Å². The Morgan fingerprint density at radius 2 is 1.49 bits per heavy atom. The molecule has 0 saturated heterocycles. The van der Waals surface area contributed by atoms with Crippen molar-refractivity contribution in [1.82, 2.24) is 4.98 Å². The van der Waals surface area contributed by atoms with Crippen molar-refractivity contribution < 1.29 is 45.1 Å². The maximum Gasteiger partial charge on any atom is 0.435 e. The van der Waals surface area contributed by atoms with Crippen molar-refractivity contribution in [3.63, 3.8) is 0 Å². The molecule has 2 aromatic carbocycles. The molecule has 1 saturated carbocycles. The van der Waals surface area contributed by atoms with E-state index in [2.05, 4.69) is 15.6 Å². The van der Waals surface area contributed by atoms with Crippen LogP contribution in [0.3, 0.4) is 0 Å². The minimum absolute atomic E-state index is 0.0603. The van der Waals surface area contributed by atoms with Gasteiger partial charge in [-0.1, -0.05) is 22.9 Å². The van der Waals surface area contributed by atoms with Gasteiger partial charge in [-0.3, -0.25) is 14.4 Å². The summed E-state index contributed by atoms with van der Waals surface area (Å²) in [6.45, 7) is 0. The van der Waals surface area contributed by atoms with Gasteiger partial charge in [0, 0.05) is 5.69 Å². The zero-order valence-electron chi connectivity index (χ0n) is 19.1. The number of aromatic nitrogens is 1. The Kier molecular flexibility index (Phi) is 7.33. The van der Waals surface area contributed by atoms with Crippen molar-refractivity contribution in [1.29, 1.82) is 0 Å². The van der Waals surface area contributed by atoms with Gasteiger partial charge in [-0.15, -0.1) is 0 Å². The number of hydrogen-bond donors (Lipinski definition) is 3. The van der Waals surface area contributed by atoms with Gasteiger partial charge in [0.15, 0.2) is 10.8 Å². The third-order valence-electron chi connectivity index (χ3n) is 5.59. The van der Waals surface area contributed by atoms with Crippen molar-refractivity contribution in [3.8, 4) is 0 Å². The Labute approximate surface area is 223 Å². The number of halogens is 8. The lowest BCUT2D eigenvalue weighted by Gasteiger charge is -2.14. The van der Waals surface area contributed by atoms with Crippen LogP contribution in [-0.4, -0.2) is 22.7 Å². The molecule has 3 aromatic rings. The quantitative estimate of drug-likeness (QED) is 0.222. The highest BCUT2D eigenvalue weighted by Gasteiger charge is 2.57. The fourth-order valence-corrected chi connectivity index (χ4v) is 4.42. The Morgan fingerprint density at radius 3 is 2.05 bits per heavy atom. The number of thiazole rings is 1. The summed E-state index contributed by atoms with van der Waals surface area (Å²) in [7, 11) is 0. The molecule has 3 N–H and O–H groups in total. The number of hydrogen-bond acceptors (Lipinski definition) is 5. The lowest BCUT2D eigenvalue weighted by Crippen LogP contribution is -2.35. The van der Waals surface area contributed by atoms with E-state index in [1.165, 1.54) is 12.1 Å². The molecule has 4 rings (SSSR count). The van der Waals surface area contributed by atoms with Crippen LogP contribution in [0, 0.1) is 11.2 Å². The van der Waals surface area contributed by atoms with E-state index in [0.717, 1.165) is 18.2 Å². The number of amides is 3. The maximum absolute atomic E-state index is 13.6. The van der Waals surface area contributed by atoms with Crippen LogP contribution in [0.15, 0.2) is 42.5 Å². The third-order valence-corrected chi connectivity index (χ3v) is 6.88. The second-order valence-corrected chi connectivity index (χ2v) is 9.74. The number of carbonyl (C=O) groups is 3. The highest BCUT2D eigenvalue weighted by atomic mass is 35.5. The maximum atomic E-state index is 13.6. The van der Waals surface area contributed by atoms with Gasteiger partial charge in [-0.2, -0.15) is 26.3 Å². The number of anilines is 3. The van der Waals surface area contributed by atoms with Gasteiger partial charge in [-0.25, -0.2) is 9.37 Å². The minimum Gasteiger partial charge on any atom is -0.325 e. The molecule has 0 bridgehead atoms. The minimum atomic E-state index is -5.18. The standard InChI is InChI=1S/C23H14ClF7N4O3S/c24-13-6-1-10(22(26,27)28)9-14(13)33-17(36)15-16(23(29,30)31)34-20(39-15)35-19(38)21(7-8-21)18(37)32-12-4-2-11(25)3-5-12/h1-6,9H,7-8H2,(H,32,37)(H,33,36)(H,34,35,38). The number of nitrogens with zero attached hydrogens (tertiary/aromatic N) is 1. The van der Waals surface area contributed by atoms with Crippen LogP contribution in [0.2, 0.25) is 5.02 Å². The topological polar surface area (TPSA) is 100 Å². The van der Waals surface area contributed by atoms with Crippen molar-refractivity contribution in [2.75, 3.05) is 16.0 Å². The predicted molar refractivity (Wildman–Crippen MR) is 127 cm³/mol. The fourth-order valence-electron chi connectivity index (χ4n) is 3.38. The van der Waals surface area contributed by atoms with E-state index in [0.29, 0.717) is 12.1 Å². The van der Waals surface area contributed by atoms with Crippen LogP contribution >= 0.6 is 22.9 Å². The summed E-state index contributed by atoms with van der Waals surface area (Å²) in [5.74, 6) is -3.81. The predicted octanol–water partition coefficient (Wildman–Crippen LogP) is 6.58. The van der Waals surface area contributed by atoms with Crippen LogP contribution in [0.1, 0.15) is 33.8 Å². The summed E-state index contributed by atoms with van der Waals surface area (Å²) in [5.41, 5.74) is -4.96. The van der Waals surface area contributed by atoms with Gasteiger partial charge in [0.2, 0.25) is 11.8 Å². The van der Waals surface area contributed by atoms with Gasteiger partial charge >= 0.3 is 12.4 Å². The lowest BCUT2D eigenvalue weighted by atomic mass is 10.1. The Balaban J connectivity index is 1.55. The first kappa shape index (κ1) is 28.3. The molecule has 3 amide bonds. The van der Waals surface area contributed by atoms with E-state index in [1.807, 2.05) is 5.32 Å². The molecule has 39 heavy (non-hydrogen) atoms. The van der Waals surface area contributed by atoms with E-state index in [9.17, 15) is 45.1 Å². The second-order valence-electron chi connectivity index (χ2n) is 8.34. The van der Waals surface area contributed by atoms with Gasteiger partial charge in [0.25, 0.3) is 5.91 Å². The number of benzene rings is 2. The highest BCUT2D eigenvalue weighted by molar-refractivity contribution is 7.17. The summed E-state index contributed by atoms with van der Waals surface area (Å²) in [4.78, 5) is 40.3. The summed E-state index contributed by atoms with van der Waals surface area (Å²) < 4.78 is 93.0. The molecular formula is C23H14ClF7N4O3S. The number of nitrogens with one attached hydrogen (secondary N) is 3. The van der Waals surface area contributed by atoms with Gasteiger partial charge < -0.3 is 16.0 Å². The molecule has 1 aromatic heterocycles. The number of carbonyl (C=O) groups excluding carboxylic acids is 3. The zero-order chi connectivity index (χ0) is 28.8. The van der Waals surface area contributed by atoms with E-state index in [1.54, 1.807) is 0 Å². The SMILES string of the molecule is O=C(Nc1cc(C(F)(F)F)ccc1Cl)c1sc(NC(=O)C2(C(=O)Nc3ccc(F)cc3)CC2)nc1C(F)(F)F. The van der Waals surface area contributed by atoms with E-state index < -0.39 is 68.3 Å². The van der Waals surface area contributed by atoms with Crippen molar-refractivity contribution in [3.05, 3.63) is 69.4 Å². The first-order valence-electron chi connectivity index (χ1n) is 10.7.